The van der Waals surface area contributed by atoms with Gasteiger partial charge in [0.1, 0.15) is 0 Å². The number of benzene rings is 1. The molecule has 1 rings (SSSR count). The normalized spacial score (nSPS) is 13.5. The Morgan fingerprint density at radius 3 is 2.32 bits per heavy atom. The Kier molecular flexibility index (Phi) is 5.18. The predicted octanol–water partition coefficient (Wildman–Crippen LogP) is 1.48. The molecule has 2 N–H and O–H groups in total. The molecule has 1 aromatic rings. The van der Waals surface area contributed by atoms with Crippen molar-refractivity contribution in [1.82, 2.24) is 0 Å². The minimum Gasteiger partial charge on any atom is -0.493 e. The maximum absolute atomic E-state index is 11.5. The lowest BCUT2D eigenvalue weighted by Gasteiger charge is -2.28. The molecule has 0 aliphatic heterocycles. The third kappa shape index (κ3) is 3.38. The van der Waals surface area contributed by atoms with Crippen LogP contribution in [0.5, 0.6) is 11.5 Å². The molecule has 0 amide bonds. The lowest BCUT2D eigenvalue weighted by Crippen LogP contribution is -2.34. The Morgan fingerprint density at radius 2 is 1.84 bits per heavy atom. The smallest absolute Gasteiger partial charge is 0.306 e. The quantitative estimate of drug-likeness (QED) is 0.791. The average Bonchev–Trinajstić information content (AvgIpc) is 2.45. The number of hydrogen-bond donors (Lipinski definition) is 1. The van der Waals surface area contributed by atoms with Crippen molar-refractivity contribution in [3.8, 4) is 11.5 Å². The maximum atomic E-state index is 11.5. The third-order valence-electron chi connectivity index (χ3n) is 3.29. The van der Waals surface area contributed by atoms with Crippen molar-refractivity contribution in [3.63, 3.8) is 0 Å². The van der Waals surface area contributed by atoms with Gasteiger partial charge in [0.2, 0.25) is 0 Å². The highest BCUT2D eigenvalue weighted by Gasteiger charge is 2.29. The molecule has 0 heterocycles. The Labute approximate surface area is 113 Å². The highest BCUT2D eigenvalue weighted by molar-refractivity contribution is 5.71. The summed E-state index contributed by atoms with van der Waals surface area (Å²) >= 11 is 0. The fourth-order valence-corrected chi connectivity index (χ4v) is 1.89. The number of ether oxygens (including phenoxy) is 3. The van der Waals surface area contributed by atoms with Crippen LogP contribution in [0.3, 0.4) is 0 Å². The molecular formula is C14H21NO4. The molecule has 0 aliphatic rings. The molecule has 0 saturated heterocycles. The van der Waals surface area contributed by atoms with Crippen LogP contribution in [0.2, 0.25) is 0 Å². The first-order valence-electron chi connectivity index (χ1n) is 6.00. The molecule has 0 spiro atoms. The summed E-state index contributed by atoms with van der Waals surface area (Å²) in [5.74, 6) is 0.968. The first kappa shape index (κ1) is 15.3. The zero-order valence-electron chi connectivity index (χ0n) is 11.9. The van der Waals surface area contributed by atoms with Gasteiger partial charge in [-0.3, -0.25) is 4.79 Å². The highest BCUT2D eigenvalue weighted by atomic mass is 16.5. The summed E-state index contributed by atoms with van der Waals surface area (Å²) in [6.45, 7) is 2.25. The van der Waals surface area contributed by atoms with Gasteiger partial charge in [-0.2, -0.15) is 0 Å². The Morgan fingerprint density at radius 1 is 1.21 bits per heavy atom. The highest BCUT2D eigenvalue weighted by Crippen LogP contribution is 2.34. The number of methoxy groups -OCH3 is 3. The molecule has 0 aromatic heterocycles. The molecule has 106 valence electrons. The van der Waals surface area contributed by atoms with Crippen molar-refractivity contribution in [2.75, 3.05) is 27.9 Å². The van der Waals surface area contributed by atoms with Crippen molar-refractivity contribution in [2.45, 2.75) is 18.8 Å². The number of rotatable bonds is 6. The fraction of sp³-hybridized carbons (Fsp3) is 0.500. The number of carbonyl (C=O) groups excluding carboxylic acids is 1. The molecular weight excluding hydrogens is 246 g/mol. The van der Waals surface area contributed by atoms with Crippen molar-refractivity contribution in [1.29, 1.82) is 0 Å². The number of carbonyl (C=O) groups is 1. The van der Waals surface area contributed by atoms with Crippen LogP contribution < -0.4 is 15.2 Å². The van der Waals surface area contributed by atoms with E-state index in [2.05, 4.69) is 0 Å². The van der Waals surface area contributed by atoms with Crippen LogP contribution in [0, 0.1) is 0 Å². The molecule has 0 fully saturated rings. The zero-order chi connectivity index (χ0) is 14.5. The van der Waals surface area contributed by atoms with Gasteiger partial charge in [0.05, 0.1) is 27.8 Å². The van der Waals surface area contributed by atoms with Crippen molar-refractivity contribution in [2.24, 2.45) is 5.73 Å². The van der Waals surface area contributed by atoms with Gasteiger partial charge in [-0.1, -0.05) is 13.0 Å². The van der Waals surface area contributed by atoms with E-state index >= 15 is 0 Å². The SMILES string of the molecule is COC(=O)CC(C)(CN)c1ccc(OC)c(OC)c1. The van der Waals surface area contributed by atoms with Crippen LogP contribution >= 0.6 is 0 Å². The first-order valence-corrected chi connectivity index (χ1v) is 6.00. The van der Waals surface area contributed by atoms with Crippen molar-refractivity contribution < 1.29 is 19.0 Å². The number of esters is 1. The average molecular weight is 267 g/mol. The molecule has 5 heteroatoms. The standard InChI is InChI=1S/C14H21NO4/c1-14(9-15,8-13(16)19-4)10-5-6-11(17-2)12(7-10)18-3/h5-7H,8-9,15H2,1-4H3. The molecule has 1 atom stereocenters. The molecule has 5 nitrogen and oxygen atoms in total. The maximum Gasteiger partial charge on any atom is 0.306 e. The lowest BCUT2D eigenvalue weighted by molar-refractivity contribution is -0.141. The van der Waals surface area contributed by atoms with Crippen LogP contribution in [0.1, 0.15) is 18.9 Å². The molecule has 19 heavy (non-hydrogen) atoms. The third-order valence-corrected chi connectivity index (χ3v) is 3.29. The number of nitrogens with two attached hydrogens (primary N) is 1. The largest absolute Gasteiger partial charge is 0.493 e. The summed E-state index contributed by atoms with van der Waals surface area (Å²) in [5, 5.41) is 0. The van der Waals surface area contributed by atoms with Crippen molar-refractivity contribution >= 4 is 5.97 Å². The van der Waals surface area contributed by atoms with E-state index in [1.807, 2.05) is 19.1 Å². The van der Waals surface area contributed by atoms with E-state index in [0.717, 1.165) is 5.56 Å². The van der Waals surface area contributed by atoms with Gasteiger partial charge >= 0.3 is 5.97 Å². The number of hydrogen-bond acceptors (Lipinski definition) is 5. The second kappa shape index (κ2) is 6.43. The molecule has 0 saturated carbocycles. The summed E-state index contributed by atoms with van der Waals surface area (Å²) in [7, 11) is 4.52. The summed E-state index contributed by atoms with van der Waals surface area (Å²) < 4.78 is 15.2. The first-order chi connectivity index (χ1) is 9.00. The van der Waals surface area contributed by atoms with Gasteiger partial charge in [-0.15, -0.1) is 0 Å². The fourth-order valence-electron chi connectivity index (χ4n) is 1.89. The summed E-state index contributed by atoms with van der Waals surface area (Å²) in [6.07, 6.45) is 0.218. The monoisotopic (exact) mass is 267 g/mol. The Balaban J connectivity index is 3.14. The van der Waals surface area contributed by atoms with E-state index in [1.54, 1.807) is 20.3 Å². The topological polar surface area (TPSA) is 70.8 Å². The second-order valence-corrected chi connectivity index (χ2v) is 4.59. The van der Waals surface area contributed by atoms with E-state index in [-0.39, 0.29) is 12.4 Å². The molecule has 0 radical (unpaired) electrons. The summed E-state index contributed by atoms with van der Waals surface area (Å²) in [4.78, 5) is 11.5. The van der Waals surface area contributed by atoms with E-state index in [0.29, 0.717) is 18.0 Å². The van der Waals surface area contributed by atoms with Gasteiger partial charge in [0.15, 0.2) is 11.5 Å². The van der Waals surface area contributed by atoms with Crippen LogP contribution in [-0.2, 0) is 14.9 Å². The zero-order valence-corrected chi connectivity index (χ0v) is 11.9. The molecule has 0 bridgehead atoms. The van der Waals surface area contributed by atoms with Gasteiger partial charge in [-0.05, 0) is 17.7 Å². The molecule has 0 aliphatic carbocycles. The Hall–Kier alpha value is -1.75. The van der Waals surface area contributed by atoms with Crippen molar-refractivity contribution in [3.05, 3.63) is 23.8 Å². The minimum absolute atomic E-state index is 0.218. The van der Waals surface area contributed by atoms with Gasteiger partial charge in [0, 0.05) is 12.0 Å². The van der Waals surface area contributed by atoms with E-state index in [9.17, 15) is 4.79 Å². The van der Waals surface area contributed by atoms with Gasteiger partial charge in [0.25, 0.3) is 0 Å². The Bertz CT molecular complexity index is 447. The van der Waals surface area contributed by atoms with Gasteiger partial charge in [-0.25, -0.2) is 0 Å². The van der Waals surface area contributed by atoms with Crippen LogP contribution in [-0.4, -0.2) is 33.8 Å². The van der Waals surface area contributed by atoms with Crippen LogP contribution in [0.25, 0.3) is 0 Å². The molecule has 1 unspecified atom stereocenters. The van der Waals surface area contributed by atoms with E-state index < -0.39 is 5.41 Å². The predicted molar refractivity (Wildman–Crippen MR) is 72.6 cm³/mol. The summed E-state index contributed by atoms with van der Waals surface area (Å²) in [5.41, 5.74) is 6.25. The lowest BCUT2D eigenvalue weighted by atomic mass is 9.79. The van der Waals surface area contributed by atoms with Crippen LogP contribution in [0.4, 0.5) is 0 Å². The molecule has 1 aromatic carbocycles. The minimum atomic E-state index is -0.493. The summed E-state index contributed by atoms with van der Waals surface area (Å²) in [6, 6.07) is 5.53. The van der Waals surface area contributed by atoms with E-state index in [4.69, 9.17) is 19.9 Å². The second-order valence-electron chi connectivity index (χ2n) is 4.59. The van der Waals surface area contributed by atoms with Crippen LogP contribution in [0.15, 0.2) is 18.2 Å². The van der Waals surface area contributed by atoms with Gasteiger partial charge < -0.3 is 19.9 Å². The van der Waals surface area contributed by atoms with E-state index in [1.165, 1.54) is 7.11 Å².